The van der Waals surface area contributed by atoms with Crippen LogP contribution in [0.4, 0.5) is 26.6 Å². The van der Waals surface area contributed by atoms with Gasteiger partial charge in [0.2, 0.25) is 5.95 Å². The van der Waals surface area contributed by atoms with Crippen LogP contribution in [0.3, 0.4) is 0 Å². The number of carbonyl (C=O) groups is 1. The molecule has 1 aromatic heterocycles. The third-order valence-electron chi connectivity index (χ3n) is 5.42. The Hall–Kier alpha value is -2.74. The summed E-state index contributed by atoms with van der Waals surface area (Å²) >= 11 is 0. The first kappa shape index (κ1) is 17.7. The lowest BCUT2D eigenvalue weighted by Gasteiger charge is -2.42. The number of fused-ring (bicyclic) bond motifs is 1. The van der Waals surface area contributed by atoms with E-state index < -0.39 is 5.82 Å². The molecule has 2 heterocycles. The molecule has 1 aliphatic carbocycles. The highest BCUT2D eigenvalue weighted by Crippen LogP contribution is 2.37. The number of nitrogens with zero attached hydrogens (tertiary/aromatic N) is 4. The Morgan fingerprint density at radius 1 is 1.22 bits per heavy atom. The summed E-state index contributed by atoms with van der Waals surface area (Å²) in [4.78, 5) is 25.0. The summed E-state index contributed by atoms with van der Waals surface area (Å²) in [5.41, 5.74) is 13.6. The van der Waals surface area contributed by atoms with Gasteiger partial charge >= 0.3 is 6.03 Å². The lowest BCUT2D eigenvalue weighted by molar-refractivity contribution is 0.243. The number of aromatic nitrogens is 2. The maximum atomic E-state index is 14.6. The van der Waals surface area contributed by atoms with E-state index in [0.29, 0.717) is 17.1 Å². The zero-order valence-electron chi connectivity index (χ0n) is 15.2. The smallest absolute Gasteiger partial charge is 0.330 e. The Balaban J connectivity index is 1.79. The van der Waals surface area contributed by atoms with Gasteiger partial charge < -0.3 is 11.5 Å². The van der Waals surface area contributed by atoms with E-state index in [4.69, 9.17) is 11.5 Å². The molecule has 2 aromatic rings. The summed E-state index contributed by atoms with van der Waals surface area (Å²) in [6.07, 6.45) is 4.85. The average Bonchev–Trinajstić information content (AvgIpc) is 2.63. The minimum absolute atomic E-state index is 0.0415. The summed E-state index contributed by atoms with van der Waals surface area (Å²) in [6, 6.07) is 4.63. The van der Waals surface area contributed by atoms with E-state index in [-0.39, 0.29) is 30.6 Å². The van der Waals surface area contributed by atoms with Crippen LogP contribution in [0, 0.1) is 12.7 Å². The molecular weight excluding hydrogens is 347 g/mol. The summed E-state index contributed by atoms with van der Waals surface area (Å²) in [6.45, 7) is 2.00. The zero-order valence-corrected chi connectivity index (χ0v) is 15.2. The molecule has 0 atom stereocenters. The minimum atomic E-state index is -0.422. The molecule has 0 bridgehead atoms. The second kappa shape index (κ2) is 6.77. The number of carbonyl (C=O) groups excluding carboxylic acids is 1. The van der Waals surface area contributed by atoms with E-state index in [2.05, 4.69) is 9.97 Å². The van der Waals surface area contributed by atoms with Gasteiger partial charge in [0.25, 0.3) is 0 Å². The van der Waals surface area contributed by atoms with E-state index in [1.807, 2.05) is 0 Å². The molecule has 0 saturated heterocycles. The van der Waals surface area contributed by atoms with E-state index in [1.54, 1.807) is 30.2 Å². The molecule has 1 aliphatic heterocycles. The predicted octanol–water partition coefficient (Wildman–Crippen LogP) is 2.72. The maximum Gasteiger partial charge on any atom is 0.330 e. The lowest BCUT2D eigenvalue weighted by atomic mass is 9.90. The van der Waals surface area contributed by atoms with Crippen LogP contribution in [-0.4, -0.2) is 28.1 Å². The Labute approximate surface area is 157 Å². The fourth-order valence-electron chi connectivity index (χ4n) is 4.02. The first-order chi connectivity index (χ1) is 13.0. The number of halogens is 1. The largest absolute Gasteiger partial charge is 0.368 e. The van der Waals surface area contributed by atoms with Crippen LogP contribution in [-0.2, 0) is 6.54 Å². The number of rotatable bonds is 2. The van der Waals surface area contributed by atoms with Crippen molar-refractivity contribution < 1.29 is 9.18 Å². The van der Waals surface area contributed by atoms with Crippen molar-refractivity contribution in [1.82, 2.24) is 9.97 Å². The molecule has 2 aliphatic rings. The molecule has 1 aromatic carbocycles. The van der Waals surface area contributed by atoms with Gasteiger partial charge in [0.1, 0.15) is 11.6 Å². The number of nitrogens with two attached hydrogens (primary N) is 2. The fourth-order valence-corrected chi connectivity index (χ4v) is 4.02. The Kier molecular flexibility index (Phi) is 4.43. The van der Waals surface area contributed by atoms with E-state index >= 15 is 0 Å². The second-order valence-electron chi connectivity index (χ2n) is 7.29. The van der Waals surface area contributed by atoms with Gasteiger partial charge in [0.05, 0.1) is 12.2 Å². The van der Waals surface area contributed by atoms with Gasteiger partial charge in [-0.1, -0.05) is 12.1 Å². The van der Waals surface area contributed by atoms with Gasteiger partial charge in [-0.05, 0) is 44.2 Å². The molecule has 142 valence electrons. The number of para-hydroxylation sites is 1. The summed E-state index contributed by atoms with van der Waals surface area (Å²) in [5, 5.41) is 0. The third kappa shape index (κ3) is 3.10. The molecule has 0 radical (unpaired) electrons. The van der Waals surface area contributed by atoms with Gasteiger partial charge in [0.15, 0.2) is 0 Å². The number of aryl methyl sites for hydroxylation is 1. The highest BCUT2D eigenvalue weighted by Gasteiger charge is 2.39. The number of hydrogen-bond acceptors (Lipinski definition) is 5. The van der Waals surface area contributed by atoms with Gasteiger partial charge in [-0.2, -0.15) is 4.98 Å². The number of nitrogen functional groups attached to an aromatic ring is 1. The van der Waals surface area contributed by atoms with Crippen molar-refractivity contribution in [2.75, 3.05) is 15.5 Å². The van der Waals surface area contributed by atoms with Crippen LogP contribution >= 0.6 is 0 Å². The minimum Gasteiger partial charge on any atom is -0.368 e. The van der Waals surface area contributed by atoms with Crippen molar-refractivity contribution in [2.45, 2.75) is 51.2 Å². The molecule has 4 rings (SSSR count). The van der Waals surface area contributed by atoms with E-state index in [1.165, 1.54) is 11.0 Å². The third-order valence-corrected chi connectivity index (χ3v) is 5.42. The van der Waals surface area contributed by atoms with E-state index in [9.17, 15) is 9.18 Å². The van der Waals surface area contributed by atoms with Crippen molar-refractivity contribution in [3.63, 3.8) is 0 Å². The molecule has 0 spiro atoms. The standard InChI is InChI=1S/C19H23FN6O/c1-11-3-2-4-15(20)16(11)25-10-12-9-23-18(22)24-17(12)26(19(25)27)14-7-5-13(21)6-8-14/h2-4,9,13-14H,5-8,10,21H2,1H3,(H2,22,23,24). The predicted molar refractivity (Wildman–Crippen MR) is 102 cm³/mol. The first-order valence-electron chi connectivity index (χ1n) is 9.18. The van der Waals surface area contributed by atoms with Crippen molar-refractivity contribution in [3.05, 3.63) is 41.3 Å². The highest BCUT2D eigenvalue weighted by molar-refractivity contribution is 6.06. The average molecular weight is 370 g/mol. The van der Waals surface area contributed by atoms with Gasteiger partial charge in [-0.25, -0.2) is 14.2 Å². The fraction of sp³-hybridized carbons (Fsp3) is 0.421. The zero-order chi connectivity index (χ0) is 19.1. The lowest BCUT2D eigenvalue weighted by Crippen LogP contribution is -2.54. The molecule has 4 N–H and O–H groups in total. The molecule has 1 fully saturated rings. The van der Waals surface area contributed by atoms with Crippen LogP contribution in [0.25, 0.3) is 0 Å². The van der Waals surface area contributed by atoms with Crippen molar-refractivity contribution in [3.8, 4) is 0 Å². The second-order valence-corrected chi connectivity index (χ2v) is 7.29. The number of benzene rings is 1. The summed E-state index contributed by atoms with van der Waals surface area (Å²) in [7, 11) is 0. The monoisotopic (exact) mass is 370 g/mol. The first-order valence-corrected chi connectivity index (χ1v) is 9.18. The van der Waals surface area contributed by atoms with Crippen LogP contribution in [0.5, 0.6) is 0 Å². The number of amides is 2. The van der Waals surface area contributed by atoms with Crippen molar-refractivity contribution in [2.24, 2.45) is 5.73 Å². The van der Waals surface area contributed by atoms with Gasteiger partial charge in [-0.3, -0.25) is 9.80 Å². The number of urea groups is 1. The quantitative estimate of drug-likeness (QED) is 0.846. The van der Waals surface area contributed by atoms with Crippen LogP contribution in [0.2, 0.25) is 0 Å². The molecule has 1 saturated carbocycles. The Morgan fingerprint density at radius 3 is 2.67 bits per heavy atom. The molecule has 0 unspecified atom stereocenters. The SMILES string of the molecule is Cc1cccc(F)c1N1Cc2cnc(N)nc2N(C2CCC(N)CC2)C1=O. The maximum absolute atomic E-state index is 14.6. The Morgan fingerprint density at radius 2 is 1.96 bits per heavy atom. The normalized spacial score (nSPS) is 22.7. The van der Waals surface area contributed by atoms with Gasteiger partial charge in [0, 0.05) is 23.8 Å². The van der Waals surface area contributed by atoms with Crippen molar-refractivity contribution >= 4 is 23.5 Å². The van der Waals surface area contributed by atoms with Crippen LogP contribution in [0.1, 0.15) is 36.8 Å². The molecule has 2 amide bonds. The van der Waals surface area contributed by atoms with Crippen LogP contribution in [0.15, 0.2) is 24.4 Å². The highest BCUT2D eigenvalue weighted by atomic mass is 19.1. The van der Waals surface area contributed by atoms with E-state index in [0.717, 1.165) is 31.2 Å². The van der Waals surface area contributed by atoms with Gasteiger partial charge in [-0.15, -0.1) is 0 Å². The molecular formula is C19H23FN6O. The molecule has 27 heavy (non-hydrogen) atoms. The summed E-state index contributed by atoms with van der Waals surface area (Å²) < 4.78 is 14.6. The number of hydrogen-bond donors (Lipinski definition) is 2. The van der Waals surface area contributed by atoms with Crippen molar-refractivity contribution in [1.29, 1.82) is 0 Å². The molecule has 8 heteroatoms. The number of anilines is 3. The summed E-state index contributed by atoms with van der Waals surface area (Å²) in [5.74, 6) is 0.224. The molecule has 7 nitrogen and oxygen atoms in total. The van der Waals surface area contributed by atoms with Crippen LogP contribution < -0.4 is 21.3 Å². The topological polar surface area (TPSA) is 101 Å². The Bertz CT molecular complexity index is 860.